The maximum absolute atomic E-state index is 14.3. The molecule has 0 radical (unpaired) electrons. The van der Waals surface area contributed by atoms with Crippen LogP contribution in [0.2, 0.25) is 0 Å². The number of benzene rings is 3. The molecule has 9 N–H and O–H groups in total. The summed E-state index contributed by atoms with van der Waals surface area (Å²) in [6.07, 6.45) is -0.472. The monoisotopic (exact) mass is 718 g/mol. The molecular formula is C37H46N6O9. The minimum Gasteiger partial charge on any atom is -0.492 e. The third-order valence-corrected chi connectivity index (χ3v) is 8.77. The highest BCUT2D eigenvalue weighted by Crippen LogP contribution is 2.23. The Bertz CT molecular complexity index is 1740. The lowest BCUT2D eigenvalue weighted by molar-refractivity contribution is -0.141. The van der Waals surface area contributed by atoms with E-state index in [-0.39, 0.29) is 45.3 Å². The van der Waals surface area contributed by atoms with Gasteiger partial charge in [0.15, 0.2) is 0 Å². The van der Waals surface area contributed by atoms with E-state index < -0.39 is 65.6 Å². The minimum absolute atomic E-state index is 0.0269. The smallest absolute Gasteiger partial charge is 0.303 e. The number of carboxylic acids is 1. The lowest BCUT2D eigenvalue weighted by Gasteiger charge is -2.38. The van der Waals surface area contributed by atoms with Crippen molar-refractivity contribution >= 4 is 46.3 Å². The molecule has 15 heteroatoms. The first kappa shape index (κ1) is 39.2. The Morgan fingerprint density at radius 2 is 1.46 bits per heavy atom. The fourth-order valence-electron chi connectivity index (χ4n) is 5.97. The van der Waals surface area contributed by atoms with Gasteiger partial charge >= 0.3 is 5.97 Å². The first-order valence-electron chi connectivity index (χ1n) is 17.1. The fourth-order valence-corrected chi connectivity index (χ4v) is 5.97. The van der Waals surface area contributed by atoms with Gasteiger partial charge < -0.3 is 47.3 Å². The summed E-state index contributed by atoms with van der Waals surface area (Å²) in [6, 6.07) is 16.7. The van der Waals surface area contributed by atoms with Crippen molar-refractivity contribution in [1.82, 2.24) is 21.3 Å². The molecule has 1 saturated heterocycles. The molecule has 0 aromatic heterocycles. The van der Waals surface area contributed by atoms with Crippen LogP contribution in [-0.4, -0.2) is 90.6 Å². The molecule has 3 unspecified atom stereocenters. The molecular weight excluding hydrogens is 672 g/mol. The molecule has 278 valence electrons. The van der Waals surface area contributed by atoms with Crippen LogP contribution in [0.25, 0.3) is 10.8 Å². The maximum Gasteiger partial charge on any atom is 0.303 e. The summed E-state index contributed by atoms with van der Waals surface area (Å²) >= 11 is 0. The summed E-state index contributed by atoms with van der Waals surface area (Å²) in [4.78, 5) is 77.5. The molecule has 3 atom stereocenters. The number of fused-ring (bicyclic) bond motifs is 1. The Morgan fingerprint density at radius 3 is 2.10 bits per heavy atom. The van der Waals surface area contributed by atoms with Gasteiger partial charge in [0.05, 0.1) is 0 Å². The van der Waals surface area contributed by atoms with Crippen molar-refractivity contribution in [1.29, 1.82) is 0 Å². The molecule has 1 fully saturated rings. The summed E-state index contributed by atoms with van der Waals surface area (Å²) in [7, 11) is 0. The normalized spacial score (nSPS) is 15.3. The molecule has 1 heterocycles. The van der Waals surface area contributed by atoms with E-state index in [0.717, 1.165) is 16.3 Å². The molecule has 4 rings (SSSR count). The van der Waals surface area contributed by atoms with Gasteiger partial charge in [-0.05, 0) is 40.5 Å². The zero-order valence-corrected chi connectivity index (χ0v) is 29.0. The van der Waals surface area contributed by atoms with Crippen LogP contribution < -0.4 is 37.5 Å². The highest BCUT2D eigenvalue weighted by Gasteiger charge is 2.44. The molecule has 3 aromatic rings. The standard InChI is InChI=1S/C37H46N6O9/c1-23(44)40-30(21-24-7-10-28(11-8-24)52-19-16-38)34(48)41-31(22-25-6-9-26-4-2-3-5-27(26)20-25)35(49)43-37(14-17-51-18-15-37)36(50)42-29(33(39)47)12-13-32(45)46/h2-11,20,29-31H,12-19,21-22,38H2,1H3,(H2,39,47)(H,40,44)(H,41,48)(H,42,50)(H,43,49)(H,45,46). The van der Waals surface area contributed by atoms with Gasteiger partial charge in [-0.15, -0.1) is 0 Å². The molecule has 0 saturated carbocycles. The van der Waals surface area contributed by atoms with E-state index in [9.17, 15) is 28.8 Å². The Kier molecular flexibility index (Phi) is 14.1. The van der Waals surface area contributed by atoms with Crippen molar-refractivity contribution in [3.63, 3.8) is 0 Å². The number of primary amides is 1. The van der Waals surface area contributed by atoms with E-state index in [1.165, 1.54) is 6.92 Å². The van der Waals surface area contributed by atoms with Gasteiger partial charge in [-0.2, -0.15) is 0 Å². The van der Waals surface area contributed by atoms with E-state index in [2.05, 4.69) is 21.3 Å². The molecule has 0 bridgehead atoms. The predicted octanol–water partition coefficient (Wildman–Crippen LogP) is 0.452. The number of ether oxygens (including phenoxy) is 2. The lowest BCUT2D eigenvalue weighted by Crippen LogP contribution is -2.66. The van der Waals surface area contributed by atoms with Crippen molar-refractivity contribution in [3.8, 4) is 5.75 Å². The summed E-state index contributed by atoms with van der Waals surface area (Å²) in [6.45, 7) is 2.18. The molecule has 1 aliphatic rings. The molecule has 52 heavy (non-hydrogen) atoms. The topological polar surface area (TPSA) is 241 Å². The van der Waals surface area contributed by atoms with Gasteiger partial charge in [0, 0.05) is 58.8 Å². The minimum atomic E-state index is -1.57. The predicted molar refractivity (Wildman–Crippen MR) is 191 cm³/mol. The molecule has 0 aliphatic carbocycles. The van der Waals surface area contributed by atoms with Gasteiger partial charge in [-0.3, -0.25) is 28.8 Å². The Hall–Kier alpha value is -5.54. The summed E-state index contributed by atoms with van der Waals surface area (Å²) in [5, 5.41) is 21.8. The zero-order valence-electron chi connectivity index (χ0n) is 29.0. The van der Waals surface area contributed by atoms with Gasteiger partial charge in [-0.25, -0.2) is 0 Å². The Morgan fingerprint density at radius 1 is 0.827 bits per heavy atom. The van der Waals surface area contributed by atoms with Gasteiger partial charge in [0.2, 0.25) is 29.5 Å². The van der Waals surface area contributed by atoms with Crippen molar-refractivity contribution in [2.75, 3.05) is 26.4 Å². The Balaban J connectivity index is 1.61. The number of nitrogens with two attached hydrogens (primary N) is 2. The maximum atomic E-state index is 14.3. The van der Waals surface area contributed by atoms with Gasteiger partial charge in [0.25, 0.3) is 0 Å². The highest BCUT2D eigenvalue weighted by molar-refractivity contribution is 5.97. The molecule has 1 aliphatic heterocycles. The summed E-state index contributed by atoms with van der Waals surface area (Å²) in [5.41, 5.74) is 10.9. The summed E-state index contributed by atoms with van der Waals surface area (Å²) in [5.74, 6) is -4.01. The number of carboxylic acid groups (broad SMARTS) is 1. The quantitative estimate of drug-likeness (QED) is 0.0958. The number of nitrogens with one attached hydrogen (secondary N) is 4. The number of aliphatic carboxylic acids is 1. The van der Waals surface area contributed by atoms with E-state index in [0.29, 0.717) is 24.5 Å². The van der Waals surface area contributed by atoms with Crippen LogP contribution in [0.3, 0.4) is 0 Å². The second-order valence-electron chi connectivity index (χ2n) is 12.7. The van der Waals surface area contributed by atoms with Crippen LogP contribution in [0.4, 0.5) is 0 Å². The van der Waals surface area contributed by atoms with Crippen LogP contribution >= 0.6 is 0 Å². The van der Waals surface area contributed by atoms with Crippen molar-refractivity contribution in [2.45, 2.75) is 69.1 Å². The van der Waals surface area contributed by atoms with Crippen LogP contribution in [0, 0.1) is 0 Å². The third kappa shape index (κ3) is 11.2. The van der Waals surface area contributed by atoms with Crippen LogP contribution in [-0.2, 0) is 46.3 Å². The SMILES string of the molecule is CC(=O)NC(Cc1ccc(OCCN)cc1)C(=O)NC(Cc1ccc2ccccc2c1)C(=O)NC1(C(=O)NC(CCC(=O)O)C(N)=O)CCOCC1. The Labute approximate surface area is 301 Å². The van der Waals surface area contributed by atoms with Crippen molar-refractivity contribution < 1.29 is 43.3 Å². The van der Waals surface area contributed by atoms with Crippen LogP contribution in [0.1, 0.15) is 43.7 Å². The second kappa shape index (κ2) is 18.6. The van der Waals surface area contributed by atoms with Crippen molar-refractivity contribution in [2.24, 2.45) is 11.5 Å². The number of hydrogen-bond donors (Lipinski definition) is 7. The van der Waals surface area contributed by atoms with Crippen LogP contribution in [0.15, 0.2) is 66.7 Å². The highest BCUT2D eigenvalue weighted by atomic mass is 16.5. The number of hydrogen-bond acceptors (Lipinski definition) is 9. The van der Waals surface area contributed by atoms with E-state index in [4.69, 9.17) is 26.0 Å². The van der Waals surface area contributed by atoms with Gasteiger partial charge in [0.1, 0.15) is 36.0 Å². The largest absolute Gasteiger partial charge is 0.492 e. The van der Waals surface area contributed by atoms with Crippen molar-refractivity contribution in [3.05, 3.63) is 77.9 Å². The van der Waals surface area contributed by atoms with E-state index in [1.807, 2.05) is 42.5 Å². The van der Waals surface area contributed by atoms with E-state index in [1.54, 1.807) is 24.3 Å². The first-order valence-corrected chi connectivity index (χ1v) is 17.1. The number of amides is 5. The van der Waals surface area contributed by atoms with Gasteiger partial charge in [-0.1, -0.05) is 54.6 Å². The average molecular weight is 719 g/mol. The van der Waals surface area contributed by atoms with E-state index >= 15 is 0 Å². The number of rotatable bonds is 18. The number of carbonyl (C=O) groups is 6. The molecule has 5 amide bonds. The fraction of sp³-hybridized carbons (Fsp3) is 0.405. The lowest BCUT2D eigenvalue weighted by atomic mass is 9.87. The van der Waals surface area contributed by atoms with Crippen LogP contribution in [0.5, 0.6) is 5.75 Å². The zero-order chi connectivity index (χ0) is 37.7. The summed E-state index contributed by atoms with van der Waals surface area (Å²) < 4.78 is 11.0. The molecule has 0 spiro atoms. The molecule has 15 nitrogen and oxygen atoms in total. The molecule has 3 aromatic carbocycles. The second-order valence-corrected chi connectivity index (χ2v) is 12.7. The number of carbonyl (C=O) groups excluding carboxylic acids is 5. The third-order valence-electron chi connectivity index (χ3n) is 8.77. The first-order chi connectivity index (χ1) is 24.9. The average Bonchev–Trinajstić information content (AvgIpc) is 3.12.